The Bertz CT molecular complexity index is 963. The molecule has 0 unspecified atom stereocenters. The topological polar surface area (TPSA) is 118 Å². The number of carbonyl (C=O) groups is 2. The molecular weight excluding hydrogens is 402 g/mol. The number of esters is 1. The van der Waals surface area contributed by atoms with Crippen LogP contribution in [0.25, 0.3) is 0 Å². The van der Waals surface area contributed by atoms with E-state index in [1.54, 1.807) is 43.0 Å². The molecule has 10 heteroatoms. The fourth-order valence-electron chi connectivity index (χ4n) is 3.34. The Kier molecular flexibility index (Phi) is 7.01. The zero-order chi connectivity index (χ0) is 22.4. The number of urea groups is 1. The summed E-state index contributed by atoms with van der Waals surface area (Å²) in [6.07, 6.45) is 2.23. The molecule has 0 radical (unpaired) electrons. The van der Waals surface area contributed by atoms with Crippen molar-refractivity contribution in [3.05, 3.63) is 57.8 Å². The van der Waals surface area contributed by atoms with E-state index < -0.39 is 10.9 Å². The number of amides is 2. The van der Waals surface area contributed by atoms with Gasteiger partial charge < -0.3 is 19.9 Å². The number of nitro groups is 1. The van der Waals surface area contributed by atoms with Crippen molar-refractivity contribution in [2.75, 3.05) is 43.0 Å². The van der Waals surface area contributed by atoms with Gasteiger partial charge in [0.25, 0.3) is 5.69 Å². The molecule has 3 rings (SSSR count). The Morgan fingerprint density at radius 3 is 2.68 bits per heavy atom. The summed E-state index contributed by atoms with van der Waals surface area (Å²) in [7, 11) is 0. The highest BCUT2D eigenvalue weighted by Gasteiger charge is 2.21. The summed E-state index contributed by atoms with van der Waals surface area (Å²) in [6, 6.07) is 7.79. The molecule has 1 aliphatic heterocycles. The highest BCUT2D eigenvalue weighted by atomic mass is 16.6. The molecule has 164 valence electrons. The number of pyridine rings is 1. The molecule has 1 aliphatic rings. The van der Waals surface area contributed by atoms with Crippen LogP contribution in [0.15, 0.2) is 36.5 Å². The third kappa shape index (κ3) is 5.47. The van der Waals surface area contributed by atoms with E-state index in [2.05, 4.69) is 15.2 Å². The Hall–Kier alpha value is -3.69. The van der Waals surface area contributed by atoms with E-state index in [0.29, 0.717) is 49.6 Å². The first kappa shape index (κ1) is 22.0. The van der Waals surface area contributed by atoms with Gasteiger partial charge >= 0.3 is 12.0 Å². The van der Waals surface area contributed by atoms with Gasteiger partial charge in [-0.1, -0.05) is 6.07 Å². The van der Waals surface area contributed by atoms with Gasteiger partial charge in [0.1, 0.15) is 5.82 Å². The first-order chi connectivity index (χ1) is 14.9. The number of aromatic nitrogens is 1. The molecule has 2 aromatic rings. The van der Waals surface area contributed by atoms with Crippen LogP contribution in [0.5, 0.6) is 0 Å². The molecule has 1 aromatic heterocycles. The number of nitrogens with zero attached hydrogens (tertiary/aromatic N) is 4. The summed E-state index contributed by atoms with van der Waals surface area (Å²) >= 11 is 0. The predicted molar refractivity (Wildman–Crippen MR) is 115 cm³/mol. The number of ether oxygens (including phenoxy) is 1. The van der Waals surface area contributed by atoms with Crippen LogP contribution in [0, 0.1) is 17.0 Å². The van der Waals surface area contributed by atoms with Crippen molar-refractivity contribution in [2.24, 2.45) is 0 Å². The number of aryl methyl sites for hydroxylation is 1. The fraction of sp³-hybridized carbons (Fsp3) is 0.381. The standard InChI is InChI=1S/C21H25N5O5/c1-3-31-20(27)16-6-8-19(22-14-16)24-9-4-10-25(12-11-24)21(28)23-17-7-5-15(2)18(13-17)26(29)30/h5-8,13-14H,3-4,9-12H2,1-2H3,(H,23,28). The zero-order valence-corrected chi connectivity index (χ0v) is 17.5. The maximum Gasteiger partial charge on any atom is 0.339 e. The molecule has 2 amide bonds. The molecule has 1 aromatic carbocycles. The molecule has 1 saturated heterocycles. The van der Waals surface area contributed by atoms with Crippen molar-refractivity contribution in [3.8, 4) is 0 Å². The lowest BCUT2D eigenvalue weighted by Crippen LogP contribution is -2.38. The van der Waals surface area contributed by atoms with Crippen LogP contribution in [0.3, 0.4) is 0 Å². The third-order valence-corrected chi connectivity index (χ3v) is 5.02. The minimum Gasteiger partial charge on any atom is -0.462 e. The van der Waals surface area contributed by atoms with Gasteiger partial charge in [-0.15, -0.1) is 0 Å². The van der Waals surface area contributed by atoms with Crippen molar-refractivity contribution in [1.82, 2.24) is 9.88 Å². The number of carbonyl (C=O) groups excluding carboxylic acids is 2. The summed E-state index contributed by atoms with van der Waals surface area (Å²) in [5.41, 5.74) is 1.29. The van der Waals surface area contributed by atoms with Gasteiger partial charge in [-0.05, 0) is 38.5 Å². The van der Waals surface area contributed by atoms with Crippen LogP contribution in [-0.2, 0) is 4.74 Å². The summed E-state index contributed by atoms with van der Waals surface area (Å²) in [6.45, 7) is 6.02. The van der Waals surface area contributed by atoms with Crippen LogP contribution >= 0.6 is 0 Å². The molecule has 0 saturated carbocycles. The first-order valence-corrected chi connectivity index (χ1v) is 10.1. The second-order valence-corrected chi connectivity index (χ2v) is 7.14. The molecule has 2 heterocycles. The number of benzene rings is 1. The number of rotatable bonds is 5. The second-order valence-electron chi connectivity index (χ2n) is 7.14. The fourth-order valence-corrected chi connectivity index (χ4v) is 3.34. The lowest BCUT2D eigenvalue weighted by molar-refractivity contribution is -0.385. The lowest BCUT2D eigenvalue weighted by atomic mass is 10.2. The lowest BCUT2D eigenvalue weighted by Gasteiger charge is -2.23. The average Bonchev–Trinajstić information content (AvgIpc) is 3.01. The van der Waals surface area contributed by atoms with Gasteiger partial charge in [-0.25, -0.2) is 14.6 Å². The van der Waals surface area contributed by atoms with Gasteiger partial charge in [0.05, 0.1) is 17.1 Å². The molecule has 31 heavy (non-hydrogen) atoms. The number of hydrogen-bond donors (Lipinski definition) is 1. The van der Waals surface area contributed by atoms with Crippen molar-refractivity contribution in [1.29, 1.82) is 0 Å². The van der Waals surface area contributed by atoms with Crippen molar-refractivity contribution in [3.63, 3.8) is 0 Å². The largest absolute Gasteiger partial charge is 0.462 e. The third-order valence-electron chi connectivity index (χ3n) is 5.02. The number of nitro benzene ring substituents is 1. The molecule has 0 bridgehead atoms. The number of nitrogens with one attached hydrogen (secondary N) is 1. The van der Waals surface area contributed by atoms with Gasteiger partial charge in [0.2, 0.25) is 0 Å². The Balaban J connectivity index is 1.61. The average molecular weight is 427 g/mol. The van der Waals surface area contributed by atoms with Crippen LogP contribution in [0.2, 0.25) is 0 Å². The van der Waals surface area contributed by atoms with E-state index in [9.17, 15) is 19.7 Å². The maximum atomic E-state index is 12.7. The molecule has 1 N–H and O–H groups in total. The summed E-state index contributed by atoms with van der Waals surface area (Å²) in [5, 5.41) is 13.9. The van der Waals surface area contributed by atoms with E-state index >= 15 is 0 Å². The van der Waals surface area contributed by atoms with Crippen LogP contribution in [0.4, 0.5) is 22.0 Å². The van der Waals surface area contributed by atoms with Gasteiger partial charge in [-0.3, -0.25) is 10.1 Å². The van der Waals surface area contributed by atoms with Crippen LogP contribution in [-0.4, -0.2) is 59.6 Å². The van der Waals surface area contributed by atoms with Gasteiger partial charge in [0, 0.05) is 49.7 Å². The molecule has 10 nitrogen and oxygen atoms in total. The zero-order valence-electron chi connectivity index (χ0n) is 17.5. The second kappa shape index (κ2) is 9.88. The Labute approximate surface area is 180 Å². The van der Waals surface area contributed by atoms with E-state index in [1.807, 2.05) is 0 Å². The summed E-state index contributed by atoms with van der Waals surface area (Å²) in [4.78, 5) is 43.2. The number of anilines is 2. The Morgan fingerprint density at radius 1 is 1.19 bits per heavy atom. The minimum absolute atomic E-state index is 0.0304. The quantitative estimate of drug-likeness (QED) is 0.442. The highest BCUT2D eigenvalue weighted by molar-refractivity contribution is 5.90. The molecule has 0 spiro atoms. The van der Waals surface area contributed by atoms with Crippen molar-refractivity contribution < 1.29 is 19.2 Å². The molecule has 1 fully saturated rings. The van der Waals surface area contributed by atoms with E-state index in [0.717, 1.165) is 12.2 Å². The van der Waals surface area contributed by atoms with E-state index in [1.165, 1.54) is 12.3 Å². The van der Waals surface area contributed by atoms with Gasteiger partial charge in [0.15, 0.2) is 0 Å². The monoisotopic (exact) mass is 427 g/mol. The van der Waals surface area contributed by atoms with Gasteiger partial charge in [-0.2, -0.15) is 0 Å². The minimum atomic E-state index is -0.463. The maximum absolute atomic E-state index is 12.7. The van der Waals surface area contributed by atoms with Crippen molar-refractivity contribution >= 4 is 29.2 Å². The smallest absolute Gasteiger partial charge is 0.339 e. The van der Waals surface area contributed by atoms with E-state index in [4.69, 9.17) is 4.74 Å². The first-order valence-electron chi connectivity index (χ1n) is 10.1. The van der Waals surface area contributed by atoms with Crippen LogP contribution in [0.1, 0.15) is 29.3 Å². The summed E-state index contributed by atoms with van der Waals surface area (Å²) in [5.74, 6) is 0.320. The van der Waals surface area contributed by atoms with E-state index in [-0.39, 0.29) is 11.7 Å². The molecule has 0 aliphatic carbocycles. The molecule has 0 atom stereocenters. The normalized spacial score (nSPS) is 14.0. The van der Waals surface area contributed by atoms with Crippen LogP contribution < -0.4 is 10.2 Å². The van der Waals surface area contributed by atoms with Crippen molar-refractivity contribution in [2.45, 2.75) is 20.3 Å². The number of hydrogen-bond acceptors (Lipinski definition) is 7. The highest BCUT2D eigenvalue weighted by Crippen LogP contribution is 2.23. The predicted octanol–water partition coefficient (Wildman–Crippen LogP) is 3.22. The SMILES string of the molecule is CCOC(=O)c1ccc(N2CCCN(C(=O)Nc3ccc(C)c([N+](=O)[O-])c3)CC2)nc1. The summed E-state index contributed by atoms with van der Waals surface area (Å²) < 4.78 is 4.97. The Morgan fingerprint density at radius 2 is 2.00 bits per heavy atom. The molecular formula is C21H25N5O5.